The molecule has 5 nitrogen and oxygen atoms in total. The first kappa shape index (κ1) is 14.7. The number of hydrogen-bond acceptors (Lipinski definition) is 3. The lowest BCUT2D eigenvalue weighted by atomic mass is 10.0. The summed E-state index contributed by atoms with van der Waals surface area (Å²) in [5.74, 6) is 0.300. The predicted octanol–water partition coefficient (Wildman–Crippen LogP) is 1.13. The molecule has 0 unspecified atom stereocenters. The molecule has 1 N–H and O–H groups in total. The van der Waals surface area contributed by atoms with E-state index in [4.69, 9.17) is 0 Å². The molecule has 5 heteroatoms. The third-order valence-corrected chi connectivity index (χ3v) is 5.35. The highest BCUT2D eigenvalue weighted by molar-refractivity contribution is 5.86. The molecule has 0 aliphatic carbocycles. The summed E-state index contributed by atoms with van der Waals surface area (Å²) in [5, 5.41) is 3.27. The molecule has 0 bridgehead atoms. The van der Waals surface area contributed by atoms with Gasteiger partial charge in [0.2, 0.25) is 11.8 Å². The third-order valence-electron chi connectivity index (χ3n) is 5.35. The Kier molecular flexibility index (Phi) is 3.81. The van der Waals surface area contributed by atoms with Crippen LogP contribution in [-0.2, 0) is 22.7 Å². The fourth-order valence-electron chi connectivity index (χ4n) is 4.02. The SMILES string of the molecule is O=C([C@@H]1CN[C@H](C(=O)N2CCCC2)C1)N1Cc2ccccc2C1. The maximum atomic E-state index is 12.8. The molecule has 1 aromatic rings. The number of rotatable bonds is 2. The zero-order valence-electron chi connectivity index (χ0n) is 13.3. The monoisotopic (exact) mass is 313 g/mol. The fourth-order valence-corrected chi connectivity index (χ4v) is 4.02. The molecule has 0 spiro atoms. The van der Waals surface area contributed by atoms with E-state index in [9.17, 15) is 9.59 Å². The van der Waals surface area contributed by atoms with Crippen LogP contribution in [0.1, 0.15) is 30.4 Å². The van der Waals surface area contributed by atoms with Crippen molar-refractivity contribution in [2.75, 3.05) is 19.6 Å². The first-order chi connectivity index (χ1) is 11.2. The summed E-state index contributed by atoms with van der Waals surface area (Å²) in [7, 11) is 0. The molecule has 2 fully saturated rings. The summed E-state index contributed by atoms with van der Waals surface area (Å²) < 4.78 is 0. The largest absolute Gasteiger partial charge is 0.341 e. The lowest BCUT2D eigenvalue weighted by Gasteiger charge is -2.21. The molecule has 0 radical (unpaired) electrons. The van der Waals surface area contributed by atoms with Gasteiger partial charge in [0.25, 0.3) is 0 Å². The van der Waals surface area contributed by atoms with E-state index in [1.165, 1.54) is 11.1 Å². The van der Waals surface area contributed by atoms with Gasteiger partial charge in [-0.2, -0.15) is 0 Å². The second-order valence-electron chi connectivity index (χ2n) is 6.89. The van der Waals surface area contributed by atoms with Gasteiger partial charge >= 0.3 is 0 Å². The molecule has 23 heavy (non-hydrogen) atoms. The van der Waals surface area contributed by atoms with E-state index in [0.29, 0.717) is 26.1 Å². The Morgan fingerprint density at radius 1 is 0.957 bits per heavy atom. The Morgan fingerprint density at radius 2 is 1.61 bits per heavy atom. The number of amides is 2. The molecule has 3 aliphatic rings. The molecule has 2 amide bonds. The van der Waals surface area contributed by atoms with E-state index in [-0.39, 0.29) is 23.8 Å². The normalized spacial score (nSPS) is 26.6. The van der Waals surface area contributed by atoms with Crippen LogP contribution in [0.3, 0.4) is 0 Å². The van der Waals surface area contributed by atoms with Crippen molar-refractivity contribution in [3.05, 3.63) is 35.4 Å². The topological polar surface area (TPSA) is 52.7 Å². The standard InChI is InChI=1S/C18H23N3O2/c22-17(21-11-13-5-1-2-6-14(13)12-21)15-9-16(19-10-15)18(23)20-7-3-4-8-20/h1-2,5-6,15-16,19H,3-4,7-12H2/t15-,16-/m0/s1. The van der Waals surface area contributed by atoms with Gasteiger partial charge in [-0.05, 0) is 30.4 Å². The fraction of sp³-hybridized carbons (Fsp3) is 0.556. The zero-order chi connectivity index (χ0) is 15.8. The van der Waals surface area contributed by atoms with E-state index in [0.717, 1.165) is 25.9 Å². The van der Waals surface area contributed by atoms with E-state index in [1.54, 1.807) is 0 Å². The molecule has 2 atom stereocenters. The average Bonchev–Trinajstić information content (AvgIpc) is 3.33. The van der Waals surface area contributed by atoms with E-state index >= 15 is 0 Å². The van der Waals surface area contributed by atoms with Crippen LogP contribution in [0.15, 0.2) is 24.3 Å². The smallest absolute Gasteiger partial charge is 0.239 e. The van der Waals surface area contributed by atoms with Gasteiger partial charge in [-0.3, -0.25) is 9.59 Å². The minimum absolute atomic E-state index is 0.0686. The van der Waals surface area contributed by atoms with Gasteiger partial charge < -0.3 is 15.1 Å². The van der Waals surface area contributed by atoms with E-state index < -0.39 is 0 Å². The van der Waals surface area contributed by atoms with Crippen molar-refractivity contribution in [2.45, 2.75) is 38.4 Å². The van der Waals surface area contributed by atoms with Gasteiger partial charge in [-0.25, -0.2) is 0 Å². The molecule has 4 rings (SSSR count). The Balaban J connectivity index is 1.37. The molecule has 2 saturated heterocycles. The number of benzene rings is 1. The predicted molar refractivity (Wildman–Crippen MR) is 86.4 cm³/mol. The second-order valence-corrected chi connectivity index (χ2v) is 6.89. The highest BCUT2D eigenvalue weighted by atomic mass is 16.2. The average molecular weight is 313 g/mol. The van der Waals surface area contributed by atoms with E-state index in [2.05, 4.69) is 17.4 Å². The molecular weight excluding hydrogens is 290 g/mol. The summed E-state index contributed by atoms with van der Waals surface area (Å²) in [5.41, 5.74) is 2.49. The van der Waals surface area contributed by atoms with Crippen molar-refractivity contribution < 1.29 is 9.59 Å². The summed E-state index contributed by atoms with van der Waals surface area (Å²) >= 11 is 0. The van der Waals surface area contributed by atoms with Gasteiger partial charge in [0.1, 0.15) is 0 Å². The number of likely N-dealkylation sites (tertiary alicyclic amines) is 1. The van der Waals surface area contributed by atoms with Crippen LogP contribution in [0, 0.1) is 5.92 Å². The summed E-state index contributed by atoms with van der Waals surface area (Å²) in [6, 6.07) is 8.06. The zero-order valence-corrected chi connectivity index (χ0v) is 13.3. The summed E-state index contributed by atoms with van der Waals surface area (Å²) in [6.07, 6.45) is 2.85. The number of nitrogens with one attached hydrogen (secondary N) is 1. The summed E-state index contributed by atoms with van der Waals surface area (Å²) in [4.78, 5) is 29.1. The minimum Gasteiger partial charge on any atom is -0.341 e. The Morgan fingerprint density at radius 3 is 2.26 bits per heavy atom. The van der Waals surface area contributed by atoms with Crippen molar-refractivity contribution in [1.29, 1.82) is 0 Å². The van der Waals surface area contributed by atoms with Crippen LogP contribution >= 0.6 is 0 Å². The van der Waals surface area contributed by atoms with Crippen molar-refractivity contribution in [2.24, 2.45) is 5.92 Å². The maximum Gasteiger partial charge on any atom is 0.239 e. The van der Waals surface area contributed by atoms with Gasteiger partial charge in [-0.15, -0.1) is 0 Å². The summed E-state index contributed by atoms with van der Waals surface area (Å²) in [6.45, 7) is 3.77. The van der Waals surface area contributed by atoms with Crippen LogP contribution in [0.5, 0.6) is 0 Å². The molecule has 1 aromatic carbocycles. The lowest BCUT2D eigenvalue weighted by Crippen LogP contribution is -2.42. The van der Waals surface area contributed by atoms with Crippen LogP contribution in [0.2, 0.25) is 0 Å². The molecule has 3 aliphatic heterocycles. The quantitative estimate of drug-likeness (QED) is 0.890. The third kappa shape index (κ3) is 2.74. The highest BCUT2D eigenvalue weighted by Gasteiger charge is 2.38. The van der Waals surface area contributed by atoms with Crippen LogP contribution in [0.25, 0.3) is 0 Å². The van der Waals surface area contributed by atoms with Crippen molar-refractivity contribution in [3.63, 3.8) is 0 Å². The van der Waals surface area contributed by atoms with Crippen LogP contribution in [-0.4, -0.2) is 47.3 Å². The first-order valence-electron chi connectivity index (χ1n) is 8.60. The minimum atomic E-state index is -0.174. The van der Waals surface area contributed by atoms with Crippen LogP contribution in [0.4, 0.5) is 0 Å². The van der Waals surface area contributed by atoms with Gasteiger partial charge in [0, 0.05) is 32.7 Å². The number of hydrogen-bond donors (Lipinski definition) is 1. The van der Waals surface area contributed by atoms with Gasteiger partial charge in [0.15, 0.2) is 0 Å². The maximum absolute atomic E-state index is 12.8. The highest BCUT2D eigenvalue weighted by Crippen LogP contribution is 2.27. The second kappa shape index (κ2) is 5.96. The molecule has 0 saturated carbocycles. The molecule has 122 valence electrons. The molecular formula is C18H23N3O2. The van der Waals surface area contributed by atoms with Crippen molar-refractivity contribution >= 4 is 11.8 Å². The van der Waals surface area contributed by atoms with Crippen molar-refractivity contribution in [3.8, 4) is 0 Å². The van der Waals surface area contributed by atoms with Gasteiger partial charge in [-0.1, -0.05) is 24.3 Å². The Bertz CT molecular complexity index is 599. The van der Waals surface area contributed by atoms with Crippen LogP contribution < -0.4 is 5.32 Å². The number of fused-ring (bicyclic) bond motifs is 1. The number of carbonyl (C=O) groups is 2. The van der Waals surface area contributed by atoms with Crippen molar-refractivity contribution in [1.82, 2.24) is 15.1 Å². The Hall–Kier alpha value is -1.88. The molecule has 0 aromatic heterocycles. The Labute approximate surface area is 136 Å². The number of carbonyl (C=O) groups excluding carboxylic acids is 2. The van der Waals surface area contributed by atoms with E-state index in [1.807, 2.05) is 21.9 Å². The number of nitrogens with zero attached hydrogens (tertiary/aromatic N) is 2. The van der Waals surface area contributed by atoms with Gasteiger partial charge in [0.05, 0.1) is 12.0 Å². The lowest BCUT2D eigenvalue weighted by molar-refractivity contribution is -0.135. The molecule has 3 heterocycles. The first-order valence-corrected chi connectivity index (χ1v) is 8.60.